The zero-order chi connectivity index (χ0) is 18.1. The first-order valence-electron chi connectivity index (χ1n) is 8.23. The van der Waals surface area contributed by atoms with E-state index in [1.165, 1.54) is 0 Å². The van der Waals surface area contributed by atoms with Crippen LogP contribution in [0.2, 0.25) is 5.02 Å². The summed E-state index contributed by atoms with van der Waals surface area (Å²) < 4.78 is 1.64. The SMILES string of the molecule is Cc1nn(-c2ccc(Cl)cc2)cc1C(=O)N1CC(C(=O)O)CCC1C. The number of aliphatic carboxylic acids is 1. The van der Waals surface area contributed by atoms with Crippen molar-refractivity contribution in [2.75, 3.05) is 6.54 Å². The highest BCUT2D eigenvalue weighted by Gasteiger charge is 2.34. The number of carbonyl (C=O) groups excluding carboxylic acids is 1. The van der Waals surface area contributed by atoms with E-state index in [0.29, 0.717) is 29.1 Å². The highest BCUT2D eigenvalue weighted by Crippen LogP contribution is 2.25. The lowest BCUT2D eigenvalue weighted by atomic mass is 9.93. The van der Waals surface area contributed by atoms with Crippen LogP contribution < -0.4 is 0 Å². The quantitative estimate of drug-likeness (QED) is 0.911. The molecule has 1 amide bonds. The highest BCUT2D eigenvalue weighted by atomic mass is 35.5. The van der Waals surface area contributed by atoms with Gasteiger partial charge in [-0.2, -0.15) is 5.10 Å². The minimum absolute atomic E-state index is 0.0152. The second kappa shape index (κ2) is 6.88. The molecule has 3 rings (SSSR count). The van der Waals surface area contributed by atoms with Crippen LogP contribution >= 0.6 is 11.6 Å². The van der Waals surface area contributed by atoms with Crippen LogP contribution in [0.15, 0.2) is 30.5 Å². The van der Waals surface area contributed by atoms with Crippen molar-refractivity contribution in [3.63, 3.8) is 0 Å². The third kappa shape index (κ3) is 3.54. The molecule has 1 aromatic heterocycles. The van der Waals surface area contributed by atoms with E-state index in [0.717, 1.165) is 5.69 Å². The van der Waals surface area contributed by atoms with E-state index in [1.54, 1.807) is 34.8 Å². The fourth-order valence-corrected chi connectivity index (χ4v) is 3.27. The summed E-state index contributed by atoms with van der Waals surface area (Å²) in [6.07, 6.45) is 2.98. The Hall–Kier alpha value is -2.34. The van der Waals surface area contributed by atoms with E-state index in [4.69, 9.17) is 11.6 Å². The van der Waals surface area contributed by atoms with Crippen LogP contribution in [0.5, 0.6) is 0 Å². The van der Waals surface area contributed by atoms with Crippen molar-refractivity contribution >= 4 is 23.5 Å². The minimum atomic E-state index is -0.849. The molecule has 2 heterocycles. The van der Waals surface area contributed by atoms with Crippen LogP contribution in [0.4, 0.5) is 0 Å². The Morgan fingerprint density at radius 2 is 1.92 bits per heavy atom. The molecular formula is C18H20ClN3O3. The van der Waals surface area contributed by atoms with E-state index in [2.05, 4.69) is 5.10 Å². The number of aryl methyl sites for hydroxylation is 1. The molecule has 0 spiro atoms. The number of amides is 1. The Labute approximate surface area is 151 Å². The Morgan fingerprint density at radius 3 is 2.56 bits per heavy atom. The normalized spacial score (nSPS) is 20.5. The molecule has 1 fully saturated rings. The summed E-state index contributed by atoms with van der Waals surface area (Å²) in [6, 6.07) is 7.19. The third-order valence-corrected chi connectivity index (χ3v) is 4.96. The topological polar surface area (TPSA) is 75.4 Å². The average Bonchev–Trinajstić information content (AvgIpc) is 2.97. The second-order valence-electron chi connectivity index (χ2n) is 6.47. The fraction of sp³-hybridized carbons (Fsp3) is 0.389. The number of aromatic nitrogens is 2. The van der Waals surface area contributed by atoms with Gasteiger partial charge in [0.25, 0.3) is 5.91 Å². The van der Waals surface area contributed by atoms with Gasteiger partial charge in [-0.15, -0.1) is 0 Å². The molecular weight excluding hydrogens is 342 g/mol. The Morgan fingerprint density at radius 1 is 1.24 bits per heavy atom. The molecule has 25 heavy (non-hydrogen) atoms. The fourth-order valence-electron chi connectivity index (χ4n) is 3.14. The molecule has 132 valence electrons. The third-order valence-electron chi connectivity index (χ3n) is 4.71. The molecule has 0 aliphatic carbocycles. The number of benzene rings is 1. The monoisotopic (exact) mass is 361 g/mol. The molecule has 0 bridgehead atoms. The maximum Gasteiger partial charge on any atom is 0.308 e. The number of halogens is 1. The number of hydrogen-bond acceptors (Lipinski definition) is 3. The number of carboxylic acid groups (broad SMARTS) is 1. The first kappa shape index (κ1) is 17.5. The summed E-state index contributed by atoms with van der Waals surface area (Å²) >= 11 is 5.90. The van der Waals surface area contributed by atoms with E-state index < -0.39 is 11.9 Å². The zero-order valence-corrected chi connectivity index (χ0v) is 14.9. The van der Waals surface area contributed by atoms with Crippen molar-refractivity contribution < 1.29 is 14.7 Å². The number of rotatable bonds is 3. The standard InChI is InChI=1S/C18H20ClN3O3/c1-11-3-4-13(18(24)25)9-21(11)17(23)16-10-22(20-12(16)2)15-7-5-14(19)6-8-15/h5-8,10-11,13H,3-4,9H2,1-2H3,(H,24,25). The van der Waals surface area contributed by atoms with Crippen LogP contribution in [0.1, 0.15) is 35.8 Å². The number of carbonyl (C=O) groups is 2. The molecule has 1 N–H and O–H groups in total. The number of carboxylic acids is 1. The Bertz CT molecular complexity index is 800. The molecule has 1 aromatic carbocycles. The molecule has 6 nitrogen and oxygen atoms in total. The second-order valence-corrected chi connectivity index (χ2v) is 6.90. The number of likely N-dealkylation sites (tertiary alicyclic amines) is 1. The van der Waals surface area contributed by atoms with Crippen molar-refractivity contribution in [2.45, 2.75) is 32.7 Å². The minimum Gasteiger partial charge on any atom is -0.481 e. The number of nitrogens with zero attached hydrogens (tertiary/aromatic N) is 3. The molecule has 2 unspecified atom stereocenters. The van der Waals surface area contributed by atoms with Gasteiger partial charge in [-0.1, -0.05) is 11.6 Å². The zero-order valence-electron chi connectivity index (χ0n) is 14.1. The van der Waals surface area contributed by atoms with Crippen LogP contribution in [0, 0.1) is 12.8 Å². The molecule has 7 heteroatoms. The summed E-state index contributed by atoms with van der Waals surface area (Å²) in [5, 5.41) is 14.3. The highest BCUT2D eigenvalue weighted by molar-refractivity contribution is 6.30. The number of hydrogen-bond donors (Lipinski definition) is 1. The van der Waals surface area contributed by atoms with Crippen LogP contribution in [-0.2, 0) is 4.79 Å². The predicted molar refractivity (Wildman–Crippen MR) is 94.2 cm³/mol. The van der Waals surface area contributed by atoms with Crippen molar-refractivity contribution in [3.8, 4) is 5.69 Å². The van der Waals surface area contributed by atoms with E-state index in [9.17, 15) is 14.7 Å². The van der Waals surface area contributed by atoms with Crippen molar-refractivity contribution in [1.82, 2.24) is 14.7 Å². The van der Waals surface area contributed by atoms with Gasteiger partial charge < -0.3 is 10.0 Å². The first-order chi connectivity index (χ1) is 11.9. The lowest BCUT2D eigenvalue weighted by Gasteiger charge is -2.36. The maximum atomic E-state index is 13.0. The number of piperidine rings is 1. The van der Waals surface area contributed by atoms with Gasteiger partial charge >= 0.3 is 5.97 Å². The van der Waals surface area contributed by atoms with Gasteiger partial charge in [-0.25, -0.2) is 4.68 Å². The predicted octanol–water partition coefficient (Wildman–Crippen LogP) is 3.16. The van der Waals surface area contributed by atoms with Gasteiger partial charge in [0.1, 0.15) is 0 Å². The van der Waals surface area contributed by atoms with Gasteiger partial charge in [0, 0.05) is 23.8 Å². The van der Waals surface area contributed by atoms with Gasteiger partial charge in [-0.3, -0.25) is 9.59 Å². The lowest BCUT2D eigenvalue weighted by molar-refractivity contribution is -0.143. The Kier molecular flexibility index (Phi) is 4.81. The molecule has 0 saturated carbocycles. The molecule has 0 radical (unpaired) electrons. The molecule has 1 aliphatic heterocycles. The molecule has 2 atom stereocenters. The van der Waals surface area contributed by atoms with Crippen LogP contribution in [0.3, 0.4) is 0 Å². The first-order valence-corrected chi connectivity index (χ1v) is 8.60. The lowest BCUT2D eigenvalue weighted by Crippen LogP contribution is -2.47. The van der Waals surface area contributed by atoms with Gasteiger partial charge in [0.2, 0.25) is 0 Å². The Balaban J connectivity index is 1.87. The summed E-state index contributed by atoms with van der Waals surface area (Å²) in [4.78, 5) is 25.9. The van der Waals surface area contributed by atoms with Crippen molar-refractivity contribution in [3.05, 3.63) is 46.7 Å². The summed E-state index contributed by atoms with van der Waals surface area (Å²) in [7, 11) is 0. The van der Waals surface area contributed by atoms with Crippen LogP contribution in [-0.4, -0.2) is 44.3 Å². The maximum absolute atomic E-state index is 13.0. The molecule has 1 saturated heterocycles. The van der Waals surface area contributed by atoms with E-state index in [1.807, 2.05) is 19.1 Å². The van der Waals surface area contributed by atoms with Gasteiger partial charge in [-0.05, 0) is 51.0 Å². The summed E-state index contributed by atoms with van der Waals surface area (Å²) in [6.45, 7) is 3.97. The van der Waals surface area contributed by atoms with E-state index >= 15 is 0 Å². The average molecular weight is 362 g/mol. The molecule has 2 aromatic rings. The largest absolute Gasteiger partial charge is 0.481 e. The van der Waals surface area contributed by atoms with E-state index in [-0.39, 0.29) is 18.5 Å². The van der Waals surface area contributed by atoms with Gasteiger partial charge in [0.15, 0.2) is 0 Å². The van der Waals surface area contributed by atoms with Gasteiger partial charge in [0.05, 0.1) is 22.9 Å². The smallest absolute Gasteiger partial charge is 0.308 e. The molecule has 1 aliphatic rings. The van der Waals surface area contributed by atoms with Crippen LogP contribution in [0.25, 0.3) is 5.69 Å². The van der Waals surface area contributed by atoms with Crippen molar-refractivity contribution in [1.29, 1.82) is 0 Å². The summed E-state index contributed by atoms with van der Waals surface area (Å²) in [5.74, 6) is -1.53. The summed E-state index contributed by atoms with van der Waals surface area (Å²) in [5.41, 5.74) is 1.92. The van der Waals surface area contributed by atoms with Crippen molar-refractivity contribution in [2.24, 2.45) is 5.92 Å².